The fraction of sp³-hybridized carbons (Fsp3) is 0.938. The largest absolute Gasteiger partial charge is 0.480 e. The van der Waals surface area contributed by atoms with Crippen LogP contribution < -0.4 is 0 Å². The van der Waals surface area contributed by atoms with Crippen LogP contribution in [0.4, 0.5) is 0 Å². The van der Waals surface area contributed by atoms with Crippen LogP contribution in [0.15, 0.2) is 0 Å². The van der Waals surface area contributed by atoms with Crippen molar-refractivity contribution in [2.45, 2.75) is 83.6 Å². The van der Waals surface area contributed by atoms with Crippen LogP contribution in [0, 0.1) is 0 Å². The summed E-state index contributed by atoms with van der Waals surface area (Å²) in [6, 6.07) is -0.311. The van der Waals surface area contributed by atoms with E-state index in [-0.39, 0.29) is 30.0 Å². The minimum absolute atomic E-state index is 0. The molecule has 0 amide bonds. The summed E-state index contributed by atoms with van der Waals surface area (Å²) >= 11 is 0. The van der Waals surface area contributed by atoms with Gasteiger partial charge in [-0.1, -0.05) is 71.1 Å². The number of carboxylic acid groups (broad SMARTS) is 1. The molecule has 122 valence electrons. The van der Waals surface area contributed by atoms with Gasteiger partial charge in [-0.05, 0) is 20.5 Å². The summed E-state index contributed by atoms with van der Waals surface area (Å²) in [5, 5.41) is 9.05. The van der Waals surface area contributed by atoms with Gasteiger partial charge in [0.05, 0.1) is 0 Å². The molecule has 0 spiro atoms. The van der Waals surface area contributed by atoms with Crippen LogP contribution in [0.5, 0.6) is 0 Å². The molecule has 0 saturated carbocycles. The number of unbranched alkanes of at least 4 members (excludes halogenated alkanes) is 9. The van der Waals surface area contributed by atoms with Crippen molar-refractivity contribution in [3.8, 4) is 0 Å². The maximum Gasteiger partial charge on any atom is 0.320 e. The predicted molar refractivity (Wildman–Crippen MR) is 97.0 cm³/mol. The summed E-state index contributed by atoms with van der Waals surface area (Å²) in [6.07, 6.45) is 13.7. The van der Waals surface area contributed by atoms with E-state index in [1.165, 1.54) is 57.8 Å². The van der Waals surface area contributed by atoms with Gasteiger partial charge in [0.1, 0.15) is 6.04 Å². The average Bonchev–Trinajstić information content (AvgIpc) is 2.35. The van der Waals surface area contributed by atoms with Crippen LogP contribution in [0.3, 0.4) is 0 Å². The highest BCUT2D eigenvalue weighted by Crippen LogP contribution is 2.13. The lowest BCUT2D eigenvalue weighted by molar-refractivity contribution is -0.142. The number of nitrogens with zero attached hydrogens (tertiary/aromatic N) is 1. The van der Waals surface area contributed by atoms with E-state index in [1.54, 1.807) is 4.90 Å². The molecule has 1 atom stereocenters. The monoisotopic (exact) mass is 399 g/mol. The van der Waals surface area contributed by atoms with Crippen LogP contribution >= 0.6 is 24.0 Å². The number of halogens is 1. The molecule has 0 rings (SSSR count). The second kappa shape index (κ2) is 15.5. The van der Waals surface area contributed by atoms with Gasteiger partial charge in [0.2, 0.25) is 0 Å². The molecular weight excluding hydrogens is 365 g/mol. The lowest BCUT2D eigenvalue weighted by Gasteiger charge is -2.19. The number of rotatable bonds is 13. The molecule has 0 aliphatic heterocycles. The van der Waals surface area contributed by atoms with Gasteiger partial charge < -0.3 is 5.11 Å². The van der Waals surface area contributed by atoms with Crippen molar-refractivity contribution in [1.82, 2.24) is 4.90 Å². The van der Waals surface area contributed by atoms with Crippen LogP contribution in [0.1, 0.15) is 77.6 Å². The Balaban J connectivity index is 0. The van der Waals surface area contributed by atoms with E-state index in [0.717, 1.165) is 12.8 Å². The van der Waals surface area contributed by atoms with Crippen LogP contribution in [-0.2, 0) is 4.79 Å². The second-order valence-corrected chi connectivity index (χ2v) is 5.79. The van der Waals surface area contributed by atoms with Gasteiger partial charge in [-0.3, -0.25) is 9.69 Å². The molecule has 4 heteroatoms. The summed E-state index contributed by atoms with van der Waals surface area (Å²) in [5.41, 5.74) is 0. The van der Waals surface area contributed by atoms with E-state index in [2.05, 4.69) is 6.92 Å². The van der Waals surface area contributed by atoms with Crippen molar-refractivity contribution in [3.05, 3.63) is 0 Å². The Kier molecular flexibility index (Phi) is 17.4. The van der Waals surface area contributed by atoms with Crippen molar-refractivity contribution in [2.75, 3.05) is 14.1 Å². The minimum atomic E-state index is -0.694. The van der Waals surface area contributed by atoms with Gasteiger partial charge in [-0.25, -0.2) is 0 Å². The first-order chi connectivity index (χ1) is 9.09. The highest BCUT2D eigenvalue weighted by atomic mass is 127. The zero-order valence-corrected chi connectivity index (χ0v) is 15.9. The van der Waals surface area contributed by atoms with Gasteiger partial charge in [0.15, 0.2) is 0 Å². The van der Waals surface area contributed by atoms with E-state index in [4.69, 9.17) is 5.11 Å². The number of carboxylic acids is 1. The molecule has 0 heterocycles. The van der Waals surface area contributed by atoms with Gasteiger partial charge in [0.25, 0.3) is 0 Å². The Morgan fingerprint density at radius 2 is 1.30 bits per heavy atom. The summed E-state index contributed by atoms with van der Waals surface area (Å²) in [5.74, 6) is -0.694. The molecule has 0 aromatic carbocycles. The maximum atomic E-state index is 11.0. The lowest BCUT2D eigenvalue weighted by Crippen LogP contribution is -2.35. The third-order valence-corrected chi connectivity index (χ3v) is 3.74. The molecule has 0 aliphatic rings. The Bertz CT molecular complexity index is 223. The van der Waals surface area contributed by atoms with Crippen molar-refractivity contribution >= 4 is 29.9 Å². The fourth-order valence-electron chi connectivity index (χ4n) is 2.43. The highest BCUT2D eigenvalue weighted by molar-refractivity contribution is 14.0. The molecular formula is C16H34INO2. The number of aliphatic carboxylic acids is 1. The summed E-state index contributed by atoms with van der Waals surface area (Å²) in [4.78, 5) is 12.8. The first kappa shape index (κ1) is 22.4. The number of hydrogen-bond acceptors (Lipinski definition) is 2. The maximum absolute atomic E-state index is 11.0. The SMILES string of the molecule is CCCCCCCCCCCCC(C(=O)O)N(C)C.I. The van der Waals surface area contributed by atoms with E-state index < -0.39 is 5.97 Å². The van der Waals surface area contributed by atoms with E-state index in [0.29, 0.717) is 0 Å². The Labute approximate surface area is 142 Å². The van der Waals surface area contributed by atoms with Gasteiger partial charge in [-0.15, -0.1) is 24.0 Å². The zero-order chi connectivity index (χ0) is 14.5. The molecule has 0 aromatic rings. The van der Waals surface area contributed by atoms with Crippen LogP contribution in [-0.4, -0.2) is 36.1 Å². The molecule has 0 aliphatic carbocycles. The second-order valence-electron chi connectivity index (χ2n) is 5.79. The van der Waals surface area contributed by atoms with Crippen LogP contribution in [0.2, 0.25) is 0 Å². The summed E-state index contributed by atoms with van der Waals surface area (Å²) < 4.78 is 0. The van der Waals surface area contributed by atoms with Crippen molar-refractivity contribution in [3.63, 3.8) is 0 Å². The van der Waals surface area contributed by atoms with Crippen LogP contribution in [0.25, 0.3) is 0 Å². The standard InChI is InChI=1S/C16H33NO2.HI/c1-4-5-6-7-8-9-10-11-12-13-14-15(16(18)19)17(2)3;/h15H,4-14H2,1-3H3,(H,18,19);1H. The van der Waals surface area contributed by atoms with Crippen molar-refractivity contribution in [1.29, 1.82) is 0 Å². The summed E-state index contributed by atoms with van der Waals surface area (Å²) in [7, 11) is 3.68. The van der Waals surface area contributed by atoms with E-state index in [9.17, 15) is 4.79 Å². The highest BCUT2D eigenvalue weighted by Gasteiger charge is 2.18. The zero-order valence-electron chi connectivity index (χ0n) is 13.6. The van der Waals surface area contributed by atoms with Crippen molar-refractivity contribution < 1.29 is 9.90 Å². The molecule has 0 fully saturated rings. The third kappa shape index (κ3) is 13.2. The first-order valence-electron chi connectivity index (χ1n) is 7.98. The number of likely N-dealkylation sites (N-methyl/N-ethyl adjacent to an activating group) is 1. The quantitative estimate of drug-likeness (QED) is 0.353. The number of carbonyl (C=O) groups is 1. The van der Waals surface area contributed by atoms with E-state index in [1.807, 2.05) is 14.1 Å². The Morgan fingerprint density at radius 1 is 0.900 bits per heavy atom. The summed E-state index contributed by atoms with van der Waals surface area (Å²) in [6.45, 7) is 2.25. The van der Waals surface area contributed by atoms with Crippen molar-refractivity contribution in [2.24, 2.45) is 0 Å². The van der Waals surface area contributed by atoms with Gasteiger partial charge in [0, 0.05) is 0 Å². The molecule has 1 unspecified atom stereocenters. The topological polar surface area (TPSA) is 40.5 Å². The van der Waals surface area contributed by atoms with Gasteiger partial charge >= 0.3 is 5.97 Å². The first-order valence-corrected chi connectivity index (χ1v) is 7.98. The molecule has 1 N–H and O–H groups in total. The molecule has 3 nitrogen and oxygen atoms in total. The molecule has 0 radical (unpaired) electrons. The van der Waals surface area contributed by atoms with Gasteiger partial charge in [-0.2, -0.15) is 0 Å². The Morgan fingerprint density at radius 3 is 1.65 bits per heavy atom. The normalized spacial score (nSPS) is 12.2. The Hall–Kier alpha value is 0.160. The van der Waals surface area contributed by atoms with E-state index >= 15 is 0 Å². The predicted octanol–water partition coefficient (Wildman–Crippen LogP) is 4.93. The minimum Gasteiger partial charge on any atom is -0.480 e. The smallest absolute Gasteiger partial charge is 0.320 e. The molecule has 0 bridgehead atoms. The fourth-order valence-corrected chi connectivity index (χ4v) is 2.43. The third-order valence-electron chi connectivity index (χ3n) is 3.74. The lowest BCUT2D eigenvalue weighted by atomic mass is 10.0. The molecule has 20 heavy (non-hydrogen) atoms. The molecule has 0 saturated heterocycles. The number of hydrogen-bond donors (Lipinski definition) is 1. The molecule has 0 aromatic heterocycles. The average molecular weight is 399 g/mol.